The van der Waals surface area contributed by atoms with Gasteiger partial charge in [0.15, 0.2) is 0 Å². The van der Waals surface area contributed by atoms with Gasteiger partial charge in [-0.25, -0.2) is 4.79 Å². The zero-order valence-electron chi connectivity index (χ0n) is 24.2. The number of carbonyl (C=O) groups is 3. The maximum atomic E-state index is 14.2. The van der Waals surface area contributed by atoms with Crippen LogP contribution >= 0.6 is 0 Å². The third-order valence-electron chi connectivity index (χ3n) is 6.70. The van der Waals surface area contributed by atoms with Crippen LogP contribution in [0.3, 0.4) is 0 Å². The van der Waals surface area contributed by atoms with Crippen molar-refractivity contribution in [3.05, 3.63) is 29.8 Å². The fourth-order valence-electron chi connectivity index (χ4n) is 4.90. The molecule has 0 spiro atoms. The van der Waals surface area contributed by atoms with Crippen molar-refractivity contribution in [3.63, 3.8) is 0 Å². The van der Waals surface area contributed by atoms with Crippen molar-refractivity contribution < 1.29 is 24.2 Å². The Morgan fingerprint density at radius 2 is 1.68 bits per heavy atom. The second-order valence-corrected chi connectivity index (χ2v) is 11.9. The standard InChI is InChI=1S/C30H49N3O5/c1-7-8-12-19-33(28(36)25(20-21(2)3)32-29(37)38-30(4,5)6)26(22-15-17-24(34)18-16-22)27(35)31-23-13-10-9-11-14-23/h15-18,21,23,25-26,34H,7-14,19-20H2,1-6H3,(H,31,35)(H,32,37). The third-order valence-corrected chi connectivity index (χ3v) is 6.70. The Kier molecular flexibility index (Phi) is 12.4. The van der Waals surface area contributed by atoms with Gasteiger partial charge in [-0.05, 0) is 70.1 Å². The molecule has 2 unspecified atom stereocenters. The van der Waals surface area contributed by atoms with Crippen LogP contribution in [-0.2, 0) is 14.3 Å². The normalized spacial score (nSPS) is 16.0. The predicted octanol–water partition coefficient (Wildman–Crippen LogP) is 5.84. The van der Waals surface area contributed by atoms with E-state index >= 15 is 0 Å². The fourth-order valence-corrected chi connectivity index (χ4v) is 4.90. The zero-order valence-corrected chi connectivity index (χ0v) is 24.2. The summed E-state index contributed by atoms with van der Waals surface area (Å²) in [5, 5.41) is 15.9. The van der Waals surface area contributed by atoms with Crippen molar-refractivity contribution >= 4 is 17.9 Å². The molecule has 0 aromatic heterocycles. The molecule has 3 N–H and O–H groups in total. The molecule has 1 aliphatic rings. The molecule has 0 heterocycles. The highest BCUT2D eigenvalue weighted by atomic mass is 16.6. The second-order valence-electron chi connectivity index (χ2n) is 11.9. The van der Waals surface area contributed by atoms with E-state index in [-0.39, 0.29) is 29.5 Å². The fraction of sp³-hybridized carbons (Fsp3) is 0.700. The zero-order chi connectivity index (χ0) is 28.3. The van der Waals surface area contributed by atoms with Crippen LogP contribution in [0.4, 0.5) is 4.79 Å². The highest BCUT2D eigenvalue weighted by Gasteiger charge is 2.37. The number of nitrogens with one attached hydrogen (secondary N) is 2. The first-order valence-electron chi connectivity index (χ1n) is 14.3. The lowest BCUT2D eigenvalue weighted by Gasteiger charge is -2.36. The van der Waals surface area contributed by atoms with Crippen molar-refractivity contribution in [2.75, 3.05) is 6.54 Å². The topological polar surface area (TPSA) is 108 Å². The molecule has 8 heteroatoms. The monoisotopic (exact) mass is 531 g/mol. The number of phenols is 1. The van der Waals surface area contributed by atoms with E-state index in [1.165, 1.54) is 18.6 Å². The minimum atomic E-state index is -0.878. The Labute approximate surface area is 228 Å². The van der Waals surface area contributed by atoms with Crippen molar-refractivity contribution in [2.45, 2.75) is 123 Å². The van der Waals surface area contributed by atoms with Gasteiger partial charge in [0.1, 0.15) is 23.4 Å². The molecule has 1 saturated carbocycles. The van der Waals surface area contributed by atoms with Crippen molar-refractivity contribution in [2.24, 2.45) is 5.92 Å². The minimum Gasteiger partial charge on any atom is -0.508 e. The van der Waals surface area contributed by atoms with E-state index in [0.717, 1.165) is 44.9 Å². The Balaban J connectivity index is 2.44. The summed E-state index contributed by atoms with van der Waals surface area (Å²) in [5.74, 6) is -0.321. The third kappa shape index (κ3) is 10.5. The Hall–Kier alpha value is -2.77. The van der Waals surface area contributed by atoms with Gasteiger partial charge >= 0.3 is 6.09 Å². The molecule has 214 valence electrons. The van der Waals surface area contributed by atoms with Crippen LogP contribution in [0.25, 0.3) is 0 Å². The van der Waals surface area contributed by atoms with Crippen LogP contribution in [0.2, 0.25) is 0 Å². The van der Waals surface area contributed by atoms with Crippen LogP contribution in [0.15, 0.2) is 24.3 Å². The van der Waals surface area contributed by atoms with Gasteiger partial charge in [0, 0.05) is 12.6 Å². The number of nitrogens with zero attached hydrogens (tertiary/aromatic N) is 1. The lowest BCUT2D eigenvalue weighted by atomic mass is 9.94. The van der Waals surface area contributed by atoms with Gasteiger partial charge in [0.25, 0.3) is 0 Å². The average Bonchev–Trinajstić information content (AvgIpc) is 2.83. The number of ether oxygens (including phenoxy) is 1. The van der Waals surface area contributed by atoms with Gasteiger partial charge in [0.2, 0.25) is 11.8 Å². The number of alkyl carbamates (subject to hydrolysis) is 1. The molecule has 2 rings (SSSR count). The summed E-state index contributed by atoms with van der Waals surface area (Å²) >= 11 is 0. The Morgan fingerprint density at radius 1 is 1.05 bits per heavy atom. The highest BCUT2D eigenvalue weighted by molar-refractivity contribution is 5.92. The number of benzene rings is 1. The van der Waals surface area contributed by atoms with Crippen molar-refractivity contribution in [1.82, 2.24) is 15.5 Å². The van der Waals surface area contributed by atoms with Crippen molar-refractivity contribution in [1.29, 1.82) is 0 Å². The lowest BCUT2D eigenvalue weighted by molar-refractivity contribution is -0.143. The lowest BCUT2D eigenvalue weighted by Crippen LogP contribution is -2.54. The first kappa shape index (κ1) is 31.4. The smallest absolute Gasteiger partial charge is 0.408 e. The first-order chi connectivity index (χ1) is 17.9. The van der Waals surface area contributed by atoms with E-state index in [9.17, 15) is 19.5 Å². The number of phenolic OH excluding ortho intramolecular Hbond substituents is 1. The van der Waals surface area contributed by atoms with Crippen LogP contribution < -0.4 is 10.6 Å². The first-order valence-corrected chi connectivity index (χ1v) is 14.3. The van der Waals surface area contributed by atoms with Gasteiger partial charge in [-0.15, -0.1) is 0 Å². The molecule has 0 saturated heterocycles. The molecule has 2 atom stereocenters. The largest absolute Gasteiger partial charge is 0.508 e. The average molecular weight is 532 g/mol. The quantitative estimate of drug-likeness (QED) is 0.294. The van der Waals surface area contributed by atoms with Crippen LogP contribution in [-0.4, -0.2) is 52.1 Å². The second kappa shape index (κ2) is 15.0. The summed E-state index contributed by atoms with van der Waals surface area (Å²) < 4.78 is 5.46. The summed E-state index contributed by atoms with van der Waals surface area (Å²) in [6.07, 6.45) is 7.52. The molecular weight excluding hydrogens is 482 g/mol. The molecule has 0 aliphatic heterocycles. The summed E-state index contributed by atoms with van der Waals surface area (Å²) in [4.78, 5) is 42.3. The van der Waals surface area contributed by atoms with E-state index in [0.29, 0.717) is 18.5 Å². The molecule has 1 fully saturated rings. The van der Waals surface area contributed by atoms with Crippen LogP contribution in [0.5, 0.6) is 5.75 Å². The predicted molar refractivity (Wildman–Crippen MR) is 150 cm³/mol. The number of hydrogen-bond acceptors (Lipinski definition) is 5. The SMILES string of the molecule is CCCCCN(C(=O)C(CC(C)C)NC(=O)OC(C)(C)C)C(C(=O)NC1CCCCC1)c1ccc(O)cc1. The molecule has 0 radical (unpaired) electrons. The molecule has 0 bridgehead atoms. The summed E-state index contributed by atoms with van der Waals surface area (Å²) in [6, 6.07) is 4.82. The summed E-state index contributed by atoms with van der Waals surface area (Å²) in [7, 11) is 0. The van der Waals surface area contributed by atoms with Gasteiger partial charge in [-0.3, -0.25) is 9.59 Å². The Bertz CT molecular complexity index is 888. The molecule has 38 heavy (non-hydrogen) atoms. The van der Waals surface area contributed by atoms with E-state index in [4.69, 9.17) is 4.74 Å². The number of hydrogen-bond donors (Lipinski definition) is 3. The number of carbonyl (C=O) groups excluding carboxylic acids is 3. The summed E-state index contributed by atoms with van der Waals surface area (Å²) in [5.41, 5.74) is -0.0772. The molecule has 1 aromatic carbocycles. The van der Waals surface area contributed by atoms with E-state index < -0.39 is 23.8 Å². The van der Waals surface area contributed by atoms with Gasteiger partial charge in [0.05, 0.1) is 0 Å². The van der Waals surface area contributed by atoms with Crippen LogP contribution in [0.1, 0.15) is 111 Å². The Morgan fingerprint density at radius 3 is 2.24 bits per heavy atom. The molecular formula is C30H49N3O5. The number of unbranched alkanes of at least 4 members (excludes halogenated alkanes) is 2. The summed E-state index contributed by atoms with van der Waals surface area (Å²) in [6.45, 7) is 11.8. The minimum absolute atomic E-state index is 0.0785. The van der Waals surface area contributed by atoms with Crippen molar-refractivity contribution in [3.8, 4) is 5.75 Å². The van der Waals surface area contributed by atoms with E-state index in [1.807, 2.05) is 13.8 Å². The maximum Gasteiger partial charge on any atom is 0.408 e. The molecule has 3 amide bonds. The molecule has 8 nitrogen and oxygen atoms in total. The van der Waals surface area contributed by atoms with Crippen LogP contribution in [0, 0.1) is 5.92 Å². The number of amides is 3. The van der Waals surface area contributed by atoms with Gasteiger partial charge in [-0.1, -0.05) is 65.0 Å². The van der Waals surface area contributed by atoms with E-state index in [1.54, 1.807) is 37.8 Å². The number of rotatable bonds is 12. The van der Waals surface area contributed by atoms with Gasteiger partial charge < -0.3 is 25.4 Å². The van der Waals surface area contributed by atoms with Gasteiger partial charge in [-0.2, -0.15) is 0 Å². The van der Waals surface area contributed by atoms with E-state index in [2.05, 4.69) is 17.6 Å². The maximum absolute atomic E-state index is 14.2. The number of aromatic hydroxyl groups is 1. The highest BCUT2D eigenvalue weighted by Crippen LogP contribution is 2.27. The molecule has 1 aliphatic carbocycles. The molecule has 1 aromatic rings.